The Morgan fingerprint density at radius 1 is 1.62 bits per heavy atom. The van der Waals surface area contributed by atoms with Gasteiger partial charge in [0.15, 0.2) is 0 Å². The highest BCUT2D eigenvalue weighted by Gasteiger charge is 2.34. The minimum Gasteiger partial charge on any atom is -0.481 e. The molecule has 0 radical (unpaired) electrons. The van der Waals surface area contributed by atoms with Gasteiger partial charge in [-0.05, 0) is 31.6 Å². The maximum atomic E-state index is 10.6. The van der Waals surface area contributed by atoms with Crippen molar-refractivity contribution in [3.63, 3.8) is 0 Å². The van der Waals surface area contributed by atoms with Gasteiger partial charge < -0.3 is 10.5 Å². The van der Waals surface area contributed by atoms with Crippen LogP contribution < -0.4 is 0 Å². The van der Waals surface area contributed by atoms with Crippen molar-refractivity contribution in [1.82, 2.24) is 0 Å². The normalized spacial score (nSPS) is 34.1. The van der Waals surface area contributed by atoms with Crippen LogP contribution in [0.5, 0.6) is 0 Å². The first-order valence-electron chi connectivity index (χ1n) is 4.81. The van der Waals surface area contributed by atoms with Gasteiger partial charge in [0.2, 0.25) is 0 Å². The average molecular weight is 183 g/mol. The zero-order valence-electron chi connectivity index (χ0n) is 8.05. The third-order valence-electron chi connectivity index (χ3n) is 3.08. The molecule has 3 heteroatoms. The summed E-state index contributed by atoms with van der Waals surface area (Å²) in [6.07, 6.45) is 5.33. The molecule has 0 aromatic heterocycles. The summed E-state index contributed by atoms with van der Waals surface area (Å²) in [5, 5.41) is 16.0. The molecule has 1 saturated carbocycles. The van der Waals surface area contributed by atoms with E-state index in [4.69, 9.17) is 10.5 Å². The molecule has 1 fully saturated rings. The fourth-order valence-corrected chi connectivity index (χ4v) is 2.01. The second-order valence-corrected chi connectivity index (χ2v) is 4.26. The standard InChI is InChI=1S/C10H17NO2/c1-8-2-4-10(7-11,5-3-8)6-9(12)13/h7-8,11H,2-6H2,1H3,(H,12,13)/t8-,10-. The second-order valence-electron chi connectivity index (χ2n) is 4.26. The Balaban J connectivity index is 2.60. The topological polar surface area (TPSA) is 61.2 Å². The van der Waals surface area contributed by atoms with Crippen molar-refractivity contribution in [2.45, 2.75) is 39.0 Å². The van der Waals surface area contributed by atoms with Crippen molar-refractivity contribution in [3.8, 4) is 0 Å². The van der Waals surface area contributed by atoms with E-state index in [1.807, 2.05) is 0 Å². The van der Waals surface area contributed by atoms with Crippen LogP contribution in [0.15, 0.2) is 0 Å². The number of carboxylic acid groups (broad SMARTS) is 1. The van der Waals surface area contributed by atoms with E-state index in [1.54, 1.807) is 0 Å². The Kier molecular flexibility index (Phi) is 3.07. The Labute approximate surface area is 78.7 Å². The number of rotatable bonds is 3. The Hall–Kier alpha value is -0.860. The van der Waals surface area contributed by atoms with Crippen molar-refractivity contribution in [3.05, 3.63) is 0 Å². The van der Waals surface area contributed by atoms with E-state index in [-0.39, 0.29) is 11.8 Å². The number of hydrogen-bond acceptors (Lipinski definition) is 2. The minimum absolute atomic E-state index is 0.128. The molecule has 1 rings (SSSR count). The molecule has 0 aliphatic heterocycles. The molecule has 0 unspecified atom stereocenters. The van der Waals surface area contributed by atoms with E-state index in [0.29, 0.717) is 5.92 Å². The Bertz CT molecular complexity index is 205. The van der Waals surface area contributed by atoms with E-state index in [9.17, 15) is 4.79 Å². The zero-order valence-corrected chi connectivity index (χ0v) is 8.05. The third kappa shape index (κ3) is 2.54. The van der Waals surface area contributed by atoms with Gasteiger partial charge in [-0.1, -0.05) is 6.92 Å². The van der Waals surface area contributed by atoms with Crippen LogP contribution in [-0.2, 0) is 4.79 Å². The lowest BCUT2D eigenvalue weighted by atomic mass is 9.70. The van der Waals surface area contributed by atoms with E-state index >= 15 is 0 Å². The monoisotopic (exact) mass is 183 g/mol. The van der Waals surface area contributed by atoms with Crippen LogP contribution in [0.3, 0.4) is 0 Å². The first-order chi connectivity index (χ1) is 6.08. The molecule has 0 spiro atoms. The predicted octanol–water partition coefficient (Wildman–Crippen LogP) is 2.31. The molecule has 3 nitrogen and oxygen atoms in total. The van der Waals surface area contributed by atoms with Crippen molar-refractivity contribution < 1.29 is 9.90 Å². The highest BCUT2D eigenvalue weighted by molar-refractivity contribution is 5.75. The fraction of sp³-hybridized carbons (Fsp3) is 0.800. The van der Waals surface area contributed by atoms with Gasteiger partial charge in [-0.2, -0.15) is 0 Å². The van der Waals surface area contributed by atoms with E-state index in [1.165, 1.54) is 6.21 Å². The molecular weight excluding hydrogens is 166 g/mol. The quantitative estimate of drug-likeness (QED) is 0.659. The van der Waals surface area contributed by atoms with E-state index < -0.39 is 5.97 Å². The molecule has 1 aliphatic carbocycles. The van der Waals surface area contributed by atoms with E-state index in [0.717, 1.165) is 25.7 Å². The zero-order chi connectivity index (χ0) is 9.90. The summed E-state index contributed by atoms with van der Waals surface area (Å²) >= 11 is 0. The predicted molar refractivity (Wildman–Crippen MR) is 51.1 cm³/mol. The number of carboxylic acids is 1. The molecular formula is C10H17NO2. The summed E-state index contributed by atoms with van der Waals surface area (Å²) in [5.41, 5.74) is -0.335. The molecule has 0 amide bonds. The lowest BCUT2D eigenvalue weighted by molar-refractivity contribution is -0.139. The van der Waals surface area contributed by atoms with Crippen molar-refractivity contribution >= 4 is 12.2 Å². The van der Waals surface area contributed by atoms with Crippen LogP contribution in [0.25, 0.3) is 0 Å². The second kappa shape index (κ2) is 3.90. The molecule has 0 saturated heterocycles. The summed E-state index contributed by atoms with van der Waals surface area (Å²) in [5.74, 6) is -0.0834. The Morgan fingerprint density at radius 2 is 2.15 bits per heavy atom. The smallest absolute Gasteiger partial charge is 0.304 e. The Morgan fingerprint density at radius 3 is 2.54 bits per heavy atom. The molecule has 0 aromatic rings. The van der Waals surface area contributed by atoms with Crippen LogP contribution in [0.4, 0.5) is 0 Å². The van der Waals surface area contributed by atoms with Gasteiger partial charge in [-0.3, -0.25) is 4.79 Å². The first-order valence-corrected chi connectivity index (χ1v) is 4.81. The summed E-state index contributed by atoms with van der Waals surface area (Å²) in [6, 6.07) is 0. The molecule has 0 heterocycles. The van der Waals surface area contributed by atoms with Gasteiger partial charge in [0, 0.05) is 11.6 Å². The third-order valence-corrected chi connectivity index (χ3v) is 3.08. The molecule has 1 aliphatic rings. The summed E-state index contributed by atoms with van der Waals surface area (Å²) < 4.78 is 0. The van der Waals surface area contributed by atoms with Gasteiger partial charge in [0.05, 0.1) is 6.42 Å². The van der Waals surface area contributed by atoms with Crippen LogP contribution in [-0.4, -0.2) is 17.3 Å². The van der Waals surface area contributed by atoms with Crippen LogP contribution in [0.1, 0.15) is 39.0 Å². The molecule has 74 valence electrons. The molecule has 13 heavy (non-hydrogen) atoms. The average Bonchev–Trinajstić information content (AvgIpc) is 2.09. The lowest BCUT2D eigenvalue weighted by Gasteiger charge is -2.34. The van der Waals surface area contributed by atoms with Gasteiger partial charge >= 0.3 is 5.97 Å². The summed E-state index contributed by atoms with van der Waals surface area (Å²) in [7, 11) is 0. The number of aliphatic carboxylic acids is 1. The van der Waals surface area contributed by atoms with Crippen molar-refractivity contribution in [2.75, 3.05) is 0 Å². The maximum absolute atomic E-state index is 10.6. The maximum Gasteiger partial charge on any atom is 0.304 e. The molecule has 0 bridgehead atoms. The highest BCUT2D eigenvalue weighted by atomic mass is 16.4. The fourth-order valence-electron chi connectivity index (χ4n) is 2.01. The SMILES string of the molecule is C[C@H]1CC[C@@](C=N)(CC(=O)O)CC1. The van der Waals surface area contributed by atoms with E-state index in [2.05, 4.69) is 6.92 Å². The molecule has 0 atom stereocenters. The highest BCUT2D eigenvalue weighted by Crippen LogP contribution is 2.39. The minimum atomic E-state index is -0.780. The van der Waals surface area contributed by atoms with Crippen molar-refractivity contribution in [2.24, 2.45) is 11.3 Å². The molecule has 0 aromatic carbocycles. The lowest BCUT2D eigenvalue weighted by Crippen LogP contribution is -2.30. The largest absolute Gasteiger partial charge is 0.481 e. The number of hydrogen-bond donors (Lipinski definition) is 2. The van der Waals surface area contributed by atoms with Gasteiger partial charge in [0.25, 0.3) is 0 Å². The van der Waals surface area contributed by atoms with Crippen LogP contribution in [0.2, 0.25) is 0 Å². The van der Waals surface area contributed by atoms with Gasteiger partial charge in [-0.15, -0.1) is 0 Å². The van der Waals surface area contributed by atoms with Crippen LogP contribution >= 0.6 is 0 Å². The van der Waals surface area contributed by atoms with Gasteiger partial charge in [-0.25, -0.2) is 0 Å². The van der Waals surface area contributed by atoms with Crippen LogP contribution in [0, 0.1) is 16.7 Å². The summed E-state index contributed by atoms with van der Waals surface area (Å²) in [6.45, 7) is 2.19. The summed E-state index contributed by atoms with van der Waals surface area (Å²) in [4.78, 5) is 10.6. The molecule has 2 N–H and O–H groups in total. The van der Waals surface area contributed by atoms with Gasteiger partial charge in [0.1, 0.15) is 0 Å². The van der Waals surface area contributed by atoms with Crippen molar-refractivity contribution in [1.29, 1.82) is 5.41 Å². The first kappa shape index (κ1) is 10.2. The number of nitrogens with one attached hydrogen (secondary N) is 1. The number of carbonyl (C=O) groups is 1.